The molecule has 2 aromatic carbocycles. The fourth-order valence-corrected chi connectivity index (χ4v) is 4.61. The number of aromatic nitrogens is 6. The van der Waals surface area contributed by atoms with E-state index in [2.05, 4.69) is 20.6 Å². The van der Waals surface area contributed by atoms with Crippen LogP contribution in [0.2, 0.25) is 0 Å². The second-order valence-corrected chi connectivity index (χ2v) is 8.59. The predicted molar refractivity (Wildman–Crippen MR) is 130 cm³/mol. The number of carbonyl (C=O) groups excluding carboxylic acids is 1. The van der Waals surface area contributed by atoms with E-state index in [-0.39, 0.29) is 11.8 Å². The first-order chi connectivity index (χ1) is 17.1. The number of amides is 1. The zero-order valence-corrected chi connectivity index (χ0v) is 19.3. The Morgan fingerprint density at radius 3 is 2.63 bits per heavy atom. The summed E-state index contributed by atoms with van der Waals surface area (Å²) < 4.78 is 9.56. The second-order valence-electron chi connectivity index (χ2n) is 8.59. The van der Waals surface area contributed by atoms with Crippen molar-refractivity contribution in [3.05, 3.63) is 94.9 Å². The summed E-state index contributed by atoms with van der Waals surface area (Å²) in [5.41, 5.74) is 4.47. The van der Waals surface area contributed by atoms with E-state index in [0.717, 1.165) is 28.1 Å². The van der Waals surface area contributed by atoms with Crippen LogP contribution >= 0.6 is 0 Å². The van der Waals surface area contributed by atoms with E-state index in [9.17, 15) is 4.79 Å². The molecule has 0 unspecified atom stereocenters. The molecular formula is C26H23N7O2. The third kappa shape index (κ3) is 3.71. The summed E-state index contributed by atoms with van der Waals surface area (Å²) in [7, 11) is 0. The Balaban J connectivity index is 1.41. The Morgan fingerprint density at radius 2 is 1.77 bits per heavy atom. The van der Waals surface area contributed by atoms with Gasteiger partial charge in [-0.2, -0.15) is 14.3 Å². The fraction of sp³-hybridized carbons (Fsp3) is 0.192. The van der Waals surface area contributed by atoms with E-state index in [0.29, 0.717) is 36.1 Å². The molecule has 9 nitrogen and oxygen atoms in total. The molecule has 9 heteroatoms. The van der Waals surface area contributed by atoms with Gasteiger partial charge < -0.3 is 10.1 Å². The number of ether oxygens (including phenoxy) is 1. The van der Waals surface area contributed by atoms with E-state index in [1.165, 1.54) is 0 Å². The fourth-order valence-electron chi connectivity index (χ4n) is 4.61. The highest BCUT2D eigenvalue weighted by Gasteiger charge is 2.34. The van der Waals surface area contributed by atoms with Gasteiger partial charge in [0.25, 0.3) is 0 Å². The molecule has 1 aliphatic heterocycles. The Kier molecular flexibility index (Phi) is 5.02. The van der Waals surface area contributed by atoms with Crippen molar-refractivity contribution in [2.75, 3.05) is 5.32 Å². The third-order valence-electron chi connectivity index (χ3n) is 6.26. The molecule has 35 heavy (non-hydrogen) atoms. The molecule has 4 heterocycles. The number of hydrogen-bond acceptors (Lipinski definition) is 6. The SMILES string of the molecule is Cc1nn(-c2ccc3nnc(C)n3n2)c2c1[C@H](c1ccccc1OCc1ccccc1)CC(=O)N2. The van der Waals surface area contributed by atoms with Gasteiger partial charge in [0.05, 0.1) is 5.69 Å². The van der Waals surface area contributed by atoms with Crippen LogP contribution < -0.4 is 10.1 Å². The first kappa shape index (κ1) is 21.0. The number of fused-ring (bicyclic) bond motifs is 2. The number of aryl methyl sites for hydroxylation is 2. The van der Waals surface area contributed by atoms with Gasteiger partial charge in [-0.1, -0.05) is 48.5 Å². The summed E-state index contributed by atoms with van der Waals surface area (Å²) in [6.07, 6.45) is 0.308. The number of para-hydroxylation sites is 1. The minimum Gasteiger partial charge on any atom is -0.489 e. The van der Waals surface area contributed by atoms with Crippen LogP contribution in [0.15, 0.2) is 66.7 Å². The molecule has 0 bridgehead atoms. The lowest BCUT2D eigenvalue weighted by atomic mass is 9.85. The molecule has 174 valence electrons. The smallest absolute Gasteiger partial charge is 0.226 e. The average molecular weight is 466 g/mol. The van der Waals surface area contributed by atoms with E-state index in [4.69, 9.17) is 9.84 Å². The highest BCUT2D eigenvalue weighted by Crippen LogP contribution is 2.43. The van der Waals surface area contributed by atoms with Crippen LogP contribution in [-0.2, 0) is 11.4 Å². The van der Waals surface area contributed by atoms with E-state index in [1.54, 1.807) is 9.20 Å². The van der Waals surface area contributed by atoms with Crippen LogP contribution in [-0.4, -0.2) is 35.5 Å². The average Bonchev–Trinajstić information content (AvgIpc) is 3.42. The number of carbonyl (C=O) groups is 1. The van der Waals surface area contributed by atoms with Gasteiger partial charge in [-0.25, -0.2) is 0 Å². The highest BCUT2D eigenvalue weighted by molar-refractivity contribution is 5.95. The molecule has 0 saturated heterocycles. The Morgan fingerprint density at radius 1 is 0.971 bits per heavy atom. The van der Waals surface area contributed by atoms with Gasteiger partial charge >= 0.3 is 0 Å². The Hall–Kier alpha value is -4.53. The van der Waals surface area contributed by atoms with Gasteiger partial charge in [-0.05, 0) is 37.6 Å². The zero-order chi connectivity index (χ0) is 23.9. The maximum Gasteiger partial charge on any atom is 0.226 e. The molecule has 5 aromatic rings. The molecule has 0 radical (unpaired) electrons. The topological polar surface area (TPSA) is 99.2 Å². The lowest BCUT2D eigenvalue weighted by molar-refractivity contribution is -0.116. The molecule has 1 atom stereocenters. The molecular weight excluding hydrogens is 442 g/mol. The highest BCUT2D eigenvalue weighted by atomic mass is 16.5. The van der Waals surface area contributed by atoms with Crippen LogP contribution in [0.1, 0.15) is 40.5 Å². The zero-order valence-electron chi connectivity index (χ0n) is 19.3. The molecule has 1 amide bonds. The summed E-state index contributed by atoms with van der Waals surface area (Å²) in [6, 6.07) is 21.6. The van der Waals surface area contributed by atoms with Crippen molar-refractivity contribution in [3.8, 4) is 11.6 Å². The number of anilines is 1. The maximum atomic E-state index is 12.9. The summed E-state index contributed by atoms with van der Waals surface area (Å²) >= 11 is 0. The second kappa shape index (κ2) is 8.35. The molecule has 1 N–H and O–H groups in total. The molecule has 0 fully saturated rings. The summed E-state index contributed by atoms with van der Waals surface area (Å²) in [4.78, 5) is 12.9. The van der Waals surface area contributed by atoms with Crippen molar-refractivity contribution in [1.29, 1.82) is 0 Å². The van der Waals surface area contributed by atoms with E-state index in [1.807, 2.05) is 80.6 Å². The normalized spacial score (nSPS) is 15.1. The van der Waals surface area contributed by atoms with Crippen molar-refractivity contribution in [1.82, 2.24) is 29.6 Å². The van der Waals surface area contributed by atoms with Gasteiger partial charge in [-0.15, -0.1) is 15.3 Å². The van der Waals surface area contributed by atoms with Crippen molar-refractivity contribution >= 4 is 17.4 Å². The predicted octanol–water partition coefficient (Wildman–Crippen LogP) is 3.98. The Bertz CT molecular complexity index is 1560. The quantitative estimate of drug-likeness (QED) is 0.422. The first-order valence-electron chi connectivity index (χ1n) is 11.4. The molecule has 6 rings (SSSR count). The number of nitrogens with one attached hydrogen (secondary N) is 1. The molecule has 3 aromatic heterocycles. The van der Waals surface area contributed by atoms with Gasteiger partial charge in [-0.3, -0.25) is 4.79 Å². The van der Waals surface area contributed by atoms with Crippen LogP contribution in [0.4, 0.5) is 5.82 Å². The van der Waals surface area contributed by atoms with Crippen molar-refractivity contribution in [2.45, 2.75) is 32.8 Å². The summed E-state index contributed by atoms with van der Waals surface area (Å²) in [6.45, 7) is 4.24. The van der Waals surface area contributed by atoms with Gasteiger partial charge in [0, 0.05) is 23.5 Å². The third-order valence-corrected chi connectivity index (χ3v) is 6.26. The number of hydrogen-bond donors (Lipinski definition) is 1. The van der Waals surface area contributed by atoms with E-state index < -0.39 is 0 Å². The van der Waals surface area contributed by atoms with Crippen molar-refractivity contribution < 1.29 is 9.53 Å². The summed E-state index contributed by atoms with van der Waals surface area (Å²) in [5.74, 6) is 2.35. The monoisotopic (exact) mass is 465 g/mol. The maximum absolute atomic E-state index is 12.9. The molecule has 1 aliphatic rings. The van der Waals surface area contributed by atoms with E-state index >= 15 is 0 Å². The molecule has 0 saturated carbocycles. The van der Waals surface area contributed by atoms with Gasteiger partial charge in [0.15, 0.2) is 17.3 Å². The minimum atomic E-state index is -0.195. The largest absolute Gasteiger partial charge is 0.489 e. The lowest BCUT2D eigenvalue weighted by Gasteiger charge is -2.26. The van der Waals surface area contributed by atoms with Crippen LogP contribution in [0.5, 0.6) is 5.75 Å². The van der Waals surface area contributed by atoms with Gasteiger partial charge in [0.1, 0.15) is 18.2 Å². The van der Waals surface area contributed by atoms with Gasteiger partial charge in [0.2, 0.25) is 5.91 Å². The number of rotatable bonds is 5. The van der Waals surface area contributed by atoms with Crippen LogP contribution in [0.25, 0.3) is 11.5 Å². The standard InChI is InChI=1S/C26H23N7O2/c1-16-25-20(19-10-6-7-11-21(19)35-15-18-8-4-3-5-9-18)14-24(34)27-26(25)33(30-16)23-13-12-22-29-28-17(2)32(22)31-23/h3-13,20H,14-15H2,1-2H3,(H,27,34)/t20-/m0/s1. The summed E-state index contributed by atoms with van der Waals surface area (Å²) in [5, 5.41) is 20.6. The van der Waals surface area contributed by atoms with Crippen LogP contribution in [0.3, 0.4) is 0 Å². The lowest BCUT2D eigenvalue weighted by Crippen LogP contribution is -2.25. The first-order valence-corrected chi connectivity index (χ1v) is 11.4. The molecule has 0 aliphatic carbocycles. The minimum absolute atomic E-state index is 0.0805. The molecule has 0 spiro atoms. The Labute approximate surface area is 201 Å². The van der Waals surface area contributed by atoms with Crippen molar-refractivity contribution in [2.24, 2.45) is 0 Å². The van der Waals surface area contributed by atoms with Crippen LogP contribution in [0, 0.1) is 13.8 Å². The number of nitrogens with zero attached hydrogens (tertiary/aromatic N) is 6. The van der Waals surface area contributed by atoms with Crippen molar-refractivity contribution in [3.63, 3.8) is 0 Å². The number of benzene rings is 2.